The molecule has 0 saturated heterocycles. The SMILES string of the molecule is O=C(O)/C=C/c1ccc(Oc2cccnc2)cc1Cl. The minimum Gasteiger partial charge on any atom is -0.478 e. The lowest BCUT2D eigenvalue weighted by atomic mass is 10.2. The van der Waals surface area contributed by atoms with Crippen molar-refractivity contribution < 1.29 is 14.6 Å². The van der Waals surface area contributed by atoms with Crippen molar-refractivity contribution in [3.8, 4) is 11.5 Å². The van der Waals surface area contributed by atoms with Crippen molar-refractivity contribution in [2.75, 3.05) is 0 Å². The van der Waals surface area contributed by atoms with Crippen molar-refractivity contribution in [1.29, 1.82) is 0 Å². The Morgan fingerprint density at radius 2 is 2.16 bits per heavy atom. The lowest BCUT2D eigenvalue weighted by Gasteiger charge is -2.06. The van der Waals surface area contributed by atoms with E-state index >= 15 is 0 Å². The number of halogens is 1. The molecule has 96 valence electrons. The Hall–Kier alpha value is -2.33. The summed E-state index contributed by atoms with van der Waals surface area (Å²) in [5, 5.41) is 8.97. The zero-order valence-corrected chi connectivity index (χ0v) is 10.5. The quantitative estimate of drug-likeness (QED) is 0.866. The van der Waals surface area contributed by atoms with Crippen molar-refractivity contribution in [2.24, 2.45) is 0 Å². The van der Waals surface area contributed by atoms with E-state index in [4.69, 9.17) is 21.4 Å². The van der Waals surface area contributed by atoms with Crippen LogP contribution in [0, 0.1) is 0 Å². The molecule has 5 heteroatoms. The zero-order chi connectivity index (χ0) is 13.7. The van der Waals surface area contributed by atoms with Gasteiger partial charge in [0.25, 0.3) is 0 Å². The molecule has 1 heterocycles. The Balaban J connectivity index is 2.17. The van der Waals surface area contributed by atoms with Crippen LogP contribution >= 0.6 is 11.6 Å². The fraction of sp³-hybridized carbons (Fsp3) is 0. The molecule has 0 spiro atoms. The highest BCUT2D eigenvalue weighted by Gasteiger charge is 2.02. The number of nitrogens with zero attached hydrogens (tertiary/aromatic N) is 1. The Morgan fingerprint density at radius 3 is 2.79 bits per heavy atom. The highest BCUT2D eigenvalue weighted by Crippen LogP contribution is 2.27. The molecular weight excluding hydrogens is 266 g/mol. The van der Waals surface area contributed by atoms with Gasteiger partial charge in [0.1, 0.15) is 11.5 Å². The molecule has 19 heavy (non-hydrogen) atoms. The number of carboxylic acid groups (broad SMARTS) is 1. The van der Waals surface area contributed by atoms with Gasteiger partial charge in [-0.05, 0) is 42.0 Å². The first-order chi connectivity index (χ1) is 9.15. The van der Waals surface area contributed by atoms with Gasteiger partial charge in [-0.3, -0.25) is 4.98 Å². The lowest BCUT2D eigenvalue weighted by molar-refractivity contribution is -0.131. The highest BCUT2D eigenvalue weighted by atomic mass is 35.5. The molecule has 0 aliphatic carbocycles. The lowest BCUT2D eigenvalue weighted by Crippen LogP contribution is -1.88. The van der Waals surface area contributed by atoms with Crippen molar-refractivity contribution >= 4 is 23.6 Å². The van der Waals surface area contributed by atoms with Crippen LogP contribution in [0.1, 0.15) is 5.56 Å². The van der Waals surface area contributed by atoms with E-state index in [1.807, 2.05) is 0 Å². The van der Waals surface area contributed by atoms with Gasteiger partial charge in [0.15, 0.2) is 0 Å². The number of ether oxygens (including phenoxy) is 1. The second-order valence-corrected chi connectivity index (χ2v) is 4.05. The minimum atomic E-state index is -1.02. The second kappa shape index (κ2) is 6.02. The smallest absolute Gasteiger partial charge is 0.328 e. The van der Waals surface area contributed by atoms with E-state index in [1.54, 1.807) is 42.7 Å². The maximum atomic E-state index is 10.4. The number of rotatable bonds is 4. The first kappa shape index (κ1) is 13.1. The number of aliphatic carboxylic acids is 1. The number of hydrogen-bond donors (Lipinski definition) is 1. The number of pyridine rings is 1. The second-order valence-electron chi connectivity index (χ2n) is 3.65. The summed E-state index contributed by atoms with van der Waals surface area (Å²) in [4.78, 5) is 14.4. The van der Waals surface area contributed by atoms with Crippen LogP contribution in [0.2, 0.25) is 5.02 Å². The Morgan fingerprint density at radius 1 is 1.32 bits per heavy atom. The molecule has 0 unspecified atom stereocenters. The summed E-state index contributed by atoms with van der Waals surface area (Å²) in [6.07, 6.45) is 5.70. The summed E-state index contributed by atoms with van der Waals surface area (Å²) in [6.45, 7) is 0. The summed E-state index contributed by atoms with van der Waals surface area (Å²) in [5.41, 5.74) is 0.614. The standard InChI is InChI=1S/C14H10ClNO3/c15-13-8-11(19-12-2-1-7-16-9-12)5-3-10(13)4-6-14(17)18/h1-9H,(H,17,18)/b6-4+. The van der Waals surface area contributed by atoms with E-state index in [0.29, 0.717) is 22.1 Å². The third kappa shape index (κ3) is 3.82. The molecule has 0 aliphatic rings. The number of aromatic nitrogens is 1. The molecule has 1 aromatic heterocycles. The van der Waals surface area contributed by atoms with E-state index < -0.39 is 5.97 Å². The molecule has 0 aliphatic heterocycles. The summed E-state index contributed by atoms with van der Waals surface area (Å²) in [7, 11) is 0. The first-order valence-corrected chi connectivity index (χ1v) is 5.81. The molecule has 1 N–H and O–H groups in total. The zero-order valence-electron chi connectivity index (χ0n) is 9.79. The van der Waals surface area contributed by atoms with E-state index in [2.05, 4.69) is 4.98 Å². The van der Waals surface area contributed by atoms with Crippen LogP contribution in [0.3, 0.4) is 0 Å². The van der Waals surface area contributed by atoms with Gasteiger partial charge < -0.3 is 9.84 Å². The van der Waals surface area contributed by atoms with Crippen LogP contribution in [-0.2, 0) is 4.79 Å². The van der Waals surface area contributed by atoms with Gasteiger partial charge in [-0.25, -0.2) is 4.79 Å². The number of benzene rings is 1. The summed E-state index contributed by atoms with van der Waals surface area (Å²) in [5.74, 6) is 0.143. The number of hydrogen-bond acceptors (Lipinski definition) is 3. The fourth-order valence-corrected chi connectivity index (χ4v) is 1.64. The molecular formula is C14H10ClNO3. The minimum absolute atomic E-state index is 0.416. The molecule has 2 aromatic rings. The van der Waals surface area contributed by atoms with Gasteiger partial charge in [0.2, 0.25) is 0 Å². The van der Waals surface area contributed by atoms with Crippen molar-refractivity contribution in [3.63, 3.8) is 0 Å². The Kier molecular flexibility index (Phi) is 4.15. The van der Waals surface area contributed by atoms with Crippen molar-refractivity contribution in [1.82, 2.24) is 4.98 Å². The first-order valence-electron chi connectivity index (χ1n) is 5.43. The predicted molar refractivity (Wildman–Crippen MR) is 72.4 cm³/mol. The number of carboxylic acids is 1. The van der Waals surface area contributed by atoms with Gasteiger partial charge >= 0.3 is 5.97 Å². The summed E-state index contributed by atoms with van der Waals surface area (Å²) in [6, 6.07) is 8.56. The van der Waals surface area contributed by atoms with Gasteiger partial charge in [-0.15, -0.1) is 0 Å². The molecule has 0 radical (unpaired) electrons. The van der Waals surface area contributed by atoms with Crippen LogP contribution in [0.4, 0.5) is 0 Å². The summed E-state index contributed by atoms with van der Waals surface area (Å²) < 4.78 is 5.55. The van der Waals surface area contributed by atoms with Crippen LogP contribution in [-0.4, -0.2) is 16.1 Å². The molecule has 0 bridgehead atoms. The highest BCUT2D eigenvalue weighted by molar-refractivity contribution is 6.32. The van der Waals surface area contributed by atoms with Crippen LogP contribution in [0.25, 0.3) is 6.08 Å². The fourth-order valence-electron chi connectivity index (χ4n) is 1.41. The average Bonchev–Trinajstić information content (AvgIpc) is 2.39. The maximum absolute atomic E-state index is 10.4. The molecule has 1 aromatic carbocycles. The normalized spacial score (nSPS) is 10.6. The van der Waals surface area contributed by atoms with Crippen LogP contribution in [0.15, 0.2) is 48.8 Å². The van der Waals surface area contributed by atoms with Gasteiger partial charge in [0, 0.05) is 12.3 Å². The van der Waals surface area contributed by atoms with Crippen molar-refractivity contribution in [2.45, 2.75) is 0 Å². The summed E-state index contributed by atoms with van der Waals surface area (Å²) >= 11 is 6.04. The maximum Gasteiger partial charge on any atom is 0.328 e. The molecule has 4 nitrogen and oxygen atoms in total. The predicted octanol–water partition coefficient (Wildman–Crippen LogP) is 3.63. The Bertz CT molecular complexity index is 611. The molecule has 0 fully saturated rings. The molecule has 0 atom stereocenters. The molecule has 0 saturated carbocycles. The average molecular weight is 276 g/mol. The molecule has 2 rings (SSSR count). The van der Waals surface area contributed by atoms with E-state index in [-0.39, 0.29) is 0 Å². The van der Waals surface area contributed by atoms with Gasteiger partial charge in [-0.2, -0.15) is 0 Å². The topological polar surface area (TPSA) is 59.4 Å². The van der Waals surface area contributed by atoms with Gasteiger partial charge in [0.05, 0.1) is 11.2 Å². The largest absolute Gasteiger partial charge is 0.478 e. The van der Waals surface area contributed by atoms with E-state index in [9.17, 15) is 4.79 Å². The third-order valence-corrected chi connectivity index (χ3v) is 2.57. The van der Waals surface area contributed by atoms with Crippen molar-refractivity contribution in [3.05, 3.63) is 59.4 Å². The van der Waals surface area contributed by atoms with E-state index in [1.165, 1.54) is 6.08 Å². The number of carbonyl (C=O) groups is 1. The van der Waals surface area contributed by atoms with Crippen LogP contribution < -0.4 is 4.74 Å². The Labute approximate surface area is 114 Å². The third-order valence-electron chi connectivity index (χ3n) is 2.25. The monoisotopic (exact) mass is 275 g/mol. The van der Waals surface area contributed by atoms with Crippen LogP contribution in [0.5, 0.6) is 11.5 Å². The molecule has 0 amide bonds. The van der Waals surface area contributed by atoms with E-state index in [0.717, 1.165) is 6.08 Å². The van der Waals surface area contributed by atoms with Gasteiger partial charge in [-0.1, -0.05) is 11.6 Å².